The molecule has 2 unspecified atom stereocenters. The second-order valence-electron chi connectivity index (χ2n) is 8.40. The van der Waals surface area contributed by atoms with Crippen LogP contribution in [0.1, 0.15) is 44.4 Å². The molecule has 1 aliphatic carbocycles. The molecule has 1 aliphatic rings. The topological polar surface area (TPSA) is 46.9 Å². The SMILES string of the molecule is CC(C)(C)c1cc(NC(=O)C2CC2c2ccccc2)n(-c2ccc(F)cc2)n1. The summed E-state index contributed by atoms with van der Waals surface area (Å²) in [4.78, 5) is 12.8. The molecule has 28 heavy (non-hydrogen) atoms. The molecule has 0 radical (unpaired) electrons. The number of benzene rings is 2. The molecule has 4 nitrogen and oxygen atoms in total. The van der Waals surface area contributed by atoms with Crippen LogP contribution in [-0.4, -0.2) is 15.7 Å². The van der Waals surface area contributed by atoms with Gasteiger partial charge in [-0.1, -0.05) is 51.1 Å². The van der Waals surface area contributed by atoms with Crippen LogP contribution in [0, 0.1) is 11.7 Å². The van der Waals surface area contributed by atoms with Crippen molar-refractivity contribution in [2.75, 3.05) is 5.32 Å². The minimum atomic E-state index is -0.304. The zero-order valence-corrected chi connectivity index (χ0v) is 16.3. The molecule has 1 fully saturated rings. The van der Waals surface area contributed by atoms with Crippen LogP contribution in [0.3, 0.4) is 0 Å². The van der Waals surface area contributed by atoms with Gasteiger partial charge in [-0.3, -0.25) is 4.79 Å². The molecule has 1 heterocycles. The number of nitrogens with one attached hydrogen (secondary N) is 1. The van der Waals surface area contributed by atoms with Gasteiger partial charge in [0.15, 0.2) is 0 Å². The number of anilines is 1. The summed E-state index contributed by atoms with van der Waals surface area (Å²) in [6.45, 7) is 6.22. The summed E-state index contributed by atoms with van der Waals surface area (Å²) in [6.07, 6.45) is 0.854. The predicted octanol–water partition coefficient (Wildman–Crippen LogP) is 5.05. The Morgan fingerprint density at radius 3 is 2.43 bits per heavy atom. The summed E-state index contributed by atoms with van der Waals surface area (Å²) in [5, 5.41) is 7.72. The Bertz CT molecular complexity index is 987. The highest BCUT2D eigenvalue weighted by Gasteiger charge is 2.44. The normalized spacial score (nSPS) is 18.7. The molecule has 0 bridgehead atoms. The van der Waals surface area contributed by atoms with Gasteiger partial charge in [-0.2, -0.15) is 5.10 Å². The highest BCUT2D eigenvalue weighted by atomic mass is 19.1. The van der Waals surface area contributed by atoms with Crippen LogP contribution in [0.2, 0.25) is 0 Å². The molecule has 2 atom stereocenters. The molecule has 2 aromatic carbocycles. The van der Waals surface area contributed by atoms with Crippen molar-refractivity contribution in [3.8, 4) is 5.69 Å². The fraction of sp³-hybridized carbons (Fsp3) is 0.304. The highest BCUT2D eigenvalue weighted by molar-refractivity contribution is 5.94. The number of hydrogen-bond donors (Lipinski definition) is 1. The monoisotopic (exact) mass is 377 g/mol. The second-order valence-corrected chi connectivity index (χ2v) is 8.40. The second kappa shape index (κ2) is 6.89. The zero-order chi connectivity index (χ0) is 19.9. The Morgan fingerprint density at radius 2 is 1.79 bits per heavy atom. The molecule has 0 saturated heterocycles. The summed E-state index contributed by atoms with van der Waals surface area (Å²) in [7, 11) is 0. The summed E-state index contributed by atoms with van der Waals surface area (Å²) >= 11 is 0. The minimum Gasteiger partial charge on any atom is -0.310 e. The number of amides is 1. The van der Waals surface area contributed by atoms with E-state index in [9.17, 15) is 9.18 Å². The van der Waals surface area contributed by atoms with Gasteiger partial charge in [-0.05, 0) is 42.2 Å². The quantitative estimate of drug-likeness (QED) is 0.691. The summed E-state index contributed by atoms with van der Waals surface area (Å²) in [5.41, 5.74) is 2.60. The number of carbonyl (C=O) groups excluding carboxylic acids is 1. The molecule has 0 spiro atoms. The Hall–Kier alpha value is -2.95. The number of nitrogens with zero attached hydrogens (tertiary/aromatic N) is 2. The first kappa shape index (κ1) is 18.4. The number of aromatic nitrogens is 2. The van der Waals surface area contributed by atoms with Gasteiger partial charge >= 0.3 is 0 Å². The fourth-order valence-corrected chi connectivity index (χ4v) is 3.39. The Morgan fingerprint density at radius 1 is 1.11 bits per heavy atom. The Labute approximate surface area is 164 Å². The number of carbonyl (C=O) groups is 1. The number of hydrogen-bond acceptors (Lipinski definition) is 2. The van der Waals surface area contributed by atoms with Crippen molar-refractivity contribution in [3.05, 3.63) is 77.7 Å². The predicted molar refractivity (Wildman–Crippen MR) is 108 cm³/mol. The number of halogens is 1. The van der Waals surface area contributed by atoms with E-state index in [1.165, 1.54) is 17.7 Å². The van der Waals surface area contributed by atoms with E-state index in [4.69, 9.17) is 0 Å². The third-order valence-electron chi connectivity index (χ3n) is 5.16. The van der Waals surface area contributed by atoms with Crippen molar-refractivity contribution in [2.24, 2.45) is 5.92 Å². The van der Waals surface area contributed by atoms with E-state index in [0.29, 0.717) is 11.5 Å². The molecule has 1 aromatic heterocycles. The van der Waals surface area contributed by atoms with Gasteiger partial charge in [-0.15, -0.1) is 0 Å². The zero-order valence-electron chi connectivity index (χ0n) is 16.3. The van der Waals surface area contributed by atoms with Crippen molar-refractivity contribution in [1.29, 1.82) is 0 Å². The average Bonchev–Trinajstić information content (AvgIpc) is 3.36. The van der Waals surface area contributed by atoms with E-state index in [2.05, 4.69) is 43.3 Å². The third kappa shape index (κ3) is 3.70. The van der Waals surface area contributed by atoms with E-state index in [1.807, 2.05) is 24.3 Å². The van der Waals surface area contributed by atoms with Crippen LogP contribution in [0.25, 0.3) is 5.69 Å². The van der Waals surface area contributed by atoms with Crippen molar-refractivity contribution in [2.45, 2.75) is 38.5 Å². The maximum Gasteiger partial charge on any atom is 0.229 e. The van der Waals surface area contributed by atoms with Crippen LogP contribution < -0.4 is 5.32 Å². The molecular weight excluding hydrogens is 353 g/mol. The Kier molecular flexibility index (Phi) is 4.53. The van der Waals surface area contributed by atoms with E-state index in [-0.39, 0.29) is 29.0 Å². The Balaban J connectivity index is 1.59. The van der Waals surface area contributed by atoms with Crippen LogP contribution in [0.5, 0.6) is 0 Å². The van der Waals surface area contributed by atoms with Gasteiger partial charge in [0.1, 0.15) is 11.6 Å². The maximum atomic E-state index is 13.3. The van der Waals surface area contributed by atoms with E-state index in [0.717, 1.165) is 12.1 Å². The maximum absolute atomic E-state index is 13.3. The van der Waals surface area contributed by atoms with Crippen LogP contribution >= 0.6 is 0 Å². The first-order valence-electron chi connectivity index (χ1n) is 9.55. The molecule has 0 aliphatic heterocycles. The lowest BCUT2D eigenvalue weighted by molar-refractivity contribution is -0.117. The van der Waals surface area contributed by atoms with Crippen LogP contribution in [0.4, 0.5) is 10.2 Å². The molecule has 1 saturated carbocycles. The van der Waals surface area contributed by atoms with Gasteiger partial charge in [-0.25, -0.2) is 9.07 Å². The molecule has 3 aromatic rings. The van der Waals surface area contributed by atoms with Crippen molar-refractivity contribution in [3.63, 3.8) is 0 Å². The van der Waals surface area contributed by atoms with Gasteiger partial charge in [0, 0.05) is 17.4 Å². The molecule has 1 amide bonds. The van der Waals surface area contributed by atoms with Crippen molar-refractivity contribution < 1.29 is 9.18 Å². The molecule has 144 valence electrons. The summed E-state index contributed by atoms with van der Waals surface area (Å²) < 4.78 is 15.0. The first-order chi connectivity index (χ1) is 13.3. The van der Waals surface area contributed by atoms with E-state index >= 15 is 0 Å². The molecule has 4 rings (SSSR count). The molecule has 1 N–H and O–H groups in total. The largest absolute Gasteiger partial charge is 0.310 e. The lowest BCUT2D eigenvalue weighted by Crippen LogP contribution is -2.17. The highest BCUT2D eigenvalue weighted by Crippen LogP contribution is 2.48. The van der Waals surface area contributed by atoms with Gasteiger partial charge in [0.05, 0.1) is 11.4 Å². The third-order valence-corrected chi connectivity index (χ3v) is 5.16. The molecule has 5 heteroatoms. The van der Waals surface area contributed by atoms with Crippen molar-refractivity contribution >= 4 is 11.7 Å². The van der Waals surface area contributed by atoms with Gasteiger partial charge in [0.25, 0.3) is 0 Å². The average molecular weight is 377 g/mol. The van der Waals surface area contributed by atoms with Crippen molar-refractivity contribution in [1.82, 2.24) is 9.78 Å². The summed E-state index contributed by atoms with van der Waals surface area (Å²) in [5.74, 6) is 0.543. The number of rotatable bonds is 4. The lowest BCUT2D eigenvalue weighted by atomic mass is 9.92. The smallest absolute Gasteiger partial charge is 0.229 e. The van der Waals surface area contributed by atoms with Crippen LogP contribution in [0.15, 0.2) is 60.7 Å². The summed E-state index contributed by atoms with van der Waals surface area (Å²) in [6, 6.07) is 18.1. The fourth-order valence-electron chi connectivity index (χ4n) is 3.39. The van der Waals surface area contributed by atoms with Gasteiger partial charge in [0.2, 0.25) is 5.91 Å². The van der Waals surface area contributed by atoms with Crippen LogP contribution in [-0.2, 0) is 10.2 Å². The lowest BCUT2D eigenvalue weighted by Gasteiger charge is -2.14. The van der Waals surface area contributed by atoms with Gasteiger partial charge < -0.3 is 5.32 Å². The standard InChI is InChI=1S/C23H24FN3O/c1-23(2,3)20-14-21(27(26-20)17-11-9-16(24)10-12-17)25-22(28)19-13-18(19)15-7-5-4-6-8-15/h4-12,14,18-19H,13H2,1-3H3,(H,25,28). The minimum absolute atomic E-state index is 0.00225. The van der Waals surface area contributed by atoms with E-state index < -0.39 is 0 Å². The first-order valence-corrected chi connectivity index (χ1v) is 9.55. The molecular formula is C23H24FN3O. The van der Waals surface area contributed by atoms with E-state index in [1.54, 1.807) is 16.8 Å².